The number of hydrogen-bond acceptors (Lipinski definition) is 6. The molecule has 0 unspecified atom stereocenters. The number of ether oxygens (including phenoxy) is 2. The van der Waals surface area contributed by atoms with Gasteiger partial charge in [0.2, 0.25) is 0 Å². The molecule has 36 heavy (non-hydrogen) atoms. The molecule has 1 amide bonds. The average Bonchev–Trinajstić information content (AvgIpc) is 3.26. The molecule has 0 aliphatic carbocycles. The third-order valence-corrected chi connectivity index (χ3v) is 6.56. The van der Waals surface area contributed by atoms with Crippen LogP contribution in [-0.2, 0) is 6.42 Å². The Hall–Kier alpha value is -3.72. The maximum atomic E-state index is 13.4. The van der Waals surface area contributed by atoms with Crippen molar-refractivity contribution in [3.63, 3.8) is 0 Å². The van der Waals surface area contributed by atoms with Gasteiger partial charge in [-0.1, -0.05) is 23.7 Å². The molecule has 1 aliphatic rings. The number of H-pyrrole nitrogens is 1. The lowest BCUT2D eigenvalue weighted by Crippen LogP contribution is -2.42. The van der Waals surface area contributed by atoms with Gasteiger partial charge in [0.1, 0.15) is 23.6 Å². The number of carbonyl (C=O) groups is 1. The molecule has 0 spiro atoms. The van der Waals surface area contributed by atoms with Crippen molar-refractivity contribution >= 4 is 34.3 Å². The summed E-state index contributed by atoms with van der Waals surface area (Å²) in [5.41, 5.74) is 10.5. The van der Waals surface area contributed by atoms with Gasteiger partial charge in [-0.2, -0.15) is 0 Å². The van der Waals surface area contributed by atoms with Gasteiger partial charge < -0.3 is 30.4 Å². The number of aromatic amines is 1. The Morgan fingerprint density at radius 2 is 1.75 bits per heavy atom. The Kier molecular flexibility index (Phi) is 6.73. The number of nitrogens with one attached hydrogen (secondary N) is 1. The Bertz CT molecular complexity index is 1370. The summed E-state index contributed by atoms with van der Waals surface area (Å²) in [6.45, 7) is -0.152. The summed E-state index contributed by atoms with van der Waals surface area (Å²) >= 11 is 5.97. The highest BCUT2D eigenvalue weighted by Crippen LogP contribution is 2.39. The number of amides is 1. The monoisotopic (exact) mass is 507 g/mol. The standard InChI is InChI=1S/C27H26ClN3O5/c28-17-3-8-20(9-4-17)36-27(34)31-12-11-22-23-13-18(29)5-10-24(23)30-25(22)26(31)16-1-6-19(7-2-16)35-21(14-32)15-33/h1-10,13,21,26,30,32-33H,11-12,14-15,29H2/t26-/m0/s1. The molecule has 0 saturated heterocycles. The van der Waals surface area contributed by atoms with Crippen LogP contribution in [0.15, 0.2) is 66.7 Å². The van der Waals surface area contributed by atoms with E-state index in [1.165, 1.54) is 0 Å². The number of hydrogen-bond donors (Lipinski definition) is 4. The van der Waals surface area contributed by atoms with Crippen LogP contribution in [0.5, 0.6) is 11.5 Å². The first-order chi connectivity index (χ1) is 17.5. The van der Waals surface area contributed by atoms with Crippen molar-refractivity contribution in [2.24, 2.45) is 0 Å². The second-order valence-electron chi connectivity index (χ2n) is 8.66. The minimum Gasteiger partial charge on any atom is -0.486 e. The summed E-state index contributed by atoms with van der Waals surface area (Å²) in [7, 11) is 0. The van der Waals surface area contributed by atoms with Crippen LogP contribution < -0.4 is 15.2 Å². The number of fused-ring (bicyclic) bond motifs is 3. The molecule has 5 rings (SSSR count). The minimum atomic E-state index is -0.706. The summed E-state index contributed by atoms with van der Waals surface area (Å²) in [5, 5.41) is 20.2. The maximum absolute atomic E-state index is 13.4. The summed E-state index contributed by atoms with van der Waals surface area (Å²) in [6, 6.07) is 19.2. The molecule has 0 radical (unpaired) electrons. The van der Waals surface area contributed by atoms with Crippen LogP contribution in [-0.4, -0.2) is 52.1 Å². The molecule has 8 nitrogen and oxygen atoms in total. The molecule has 0 saturated carbocycles. The summed E-state index contributed by atoms with van der Waals surface area (Å²) in [6.07, 6.45) is -0.546. The lowest BCUT2D eigenvalue weighted by Gasteiger charge is -2.35. The van der Waals surface area contributed by atoms with Crippen molar-refractivity contribution in [3.8, 4) is 11.5 Å². The largest absolute Gasteiger partial charge is 0.486 e. The first-order valence-corrected chi connectivity index (χ1v) is 12.0. The predicted octanol–water partition coefficient (Wildman–Crippen LogP) is 4.28. The molecule has 186 valence electrons. The van der Waals surface area contributed by atoms with Crippen LogP contribution in [0, 0.1) is 0 Å². The molecule has 1 aromatic heterocycles. The van der Waals surface area contributed by atoms with E-state index in [2.05, 4.69) is 4.98 Å². The highest BCUT2D eigenvalue weighted by molar-refractivity contribution is 6.30. The van der Waals surface area contributed by atoms with Crippen molar-refractivity contribution < 1.29 is 24.5 Å². The van der Waals surface area contributed by atoms with Gasteiger partial charge in [0.05, 0.1) is 13.2 Å². The Labute approximate surface area is 212 Å². The van der Waals surface area contributed by atoms with E-state index >= 15 is 0 Å². The third kappa shape index (κ3) is 4.70. The van der Waals surface area contributed by atoms with Crippen molar-refractivity contribution in [1.29, 1.82) is 0 Å². The van der Waals surface area contributed by atoms with Crippen molar-refractivity contribution in [2.75, 3.05) is 25.5 Å². The Morgan fingerprint density at radius 3 is 2.44 bits per heavy atom. The zero-order valence-corrected chi connectivity index (χ0v) is 20.1. The van der Waals surface area contributed by atoms with E-state index < -0.39 is 18.2 Å². The molecule has 3 aromatic carbocycles. The topological polar surface area (TPSA) is 121 Å². The summed E-state index contributed by atoms with van der Waals surface area (Å²) in [4.78, 5) is 18.5. The number of anilines is 1. The normalized spacial score (nSPS) is 15.2. The molecule has 1 atom stereocenters. The Balaban J connectivity index is 1.52. The highest BCUT2D eigenvalue weighted by Gasteiger charge is 2.35. The zero-order chi connectivity index (χ0) is 25.2. The SMILES string of the molecule is Nc1ccc2[nH]c3c(c2c1)CCN(C(=O)Oc1ccc(Cl)cc1)[C@H]3c1ccc(OC(CO)CO)cc1. The molecule has 1 aliphatic heterocycles. The molecular formula is C27H26ClN3O5. The average molecular weight is 508 g/mol. The number of nitrogens with two attached hydrogens (primary N) is 1. The van der Waals surface area contributed by atoms with E-state index in [-0.39, 0.29) is 13.2 Å². The van der Waals surface area contributed by atoms with Gasteiger partial charge in [0.25, 0.3) is 0 Å². The fourth-order valence-corrected chi connectivity index (χ4v) is 4.69. The van der Waals surface area contributed by atoms with Crippen LogP contribution in [0.2, 0.25) is 5.02 Å². The van der Waals surface area contributed by atoms with Gasteiger partial charge in [-0.15, -0.1) is 0 Å². The summed E-state index contributed by atoms with van der Waals surface area (Å²) in [5.74, 6) is 0.906. The van der Waals surface area contributed by atoms with E-state index in [9.17, 15) is 15.0 Å². The number of rotatable bonds is 6. The highest BCUT2D eigenvalue weighted by atomic mass is 35.5. The van der Waals surface area contributed by atoms with Crippen LogP contribution in [0.1, 0.15) is 22.9 Å². The number of nitrogens with zero attached hydrogens (tertiary/aromatic N) is 1. The fraction of sp³-hybridized carbons (Fsp3) is 0.222. The van der Waals surface area contributed by atoms with Crippen molar-refractivity contribution in [2.45, 2.75) is 18.6 Å². The molecular weight excluding hydrogens is 482 g/mol. The number of aliphatic hydroxyl groups excluding tert-OH is 2. The quantitative estimate of drug-likeness (QED) is 0.289. The van der Waals surface area contributed by atoms with E-state index in [0.717, 1.165) is 27.7 Å². The van der Waals surface area contributed by atoms with Gasteiger partial charge in [0, 0.05) is 33.9 Å². The number of carbonyl (C=O) groups excluding carboxylic acids is 1. The lowest BCUT2D eigenvalue weighted by molar-refractivity contribution is 0.0629. The van der Waals surface area contributed by atoms with Crippen LogP contribution in [0.25, 0.3) is 10.9 Å². The number of aromatic nitrogens is 1. The first-order valence-electron chi connectivity index (χ1n) is 11.6. The van der Waals surface area contributed by atoms with Crippen molar-refractivity contribution in [1.82, 2.24) is 9.88 Å². The van der Waals surface area contributed by atoms with Gasteiger partial charge >= 0.3 is 6.09 Å². The number of benzene rings is 3. The predicted molar refractivity (Wildman–Crippen MR) is 137 cm³/mol. The summed E-state index contributed by atoms with van der Waals surface area (Å²) < 4.78 is 11.3. The van der Waals surface area contributed by atoms with Crippen LogP contribution in [0.3, 0.4) is 0 Å². The molecule has 9 heteroatoms. The minimum absolute atomic E-state index is 0.299. The van der Waals surface area contributed by atoms with Crippen LogP contribution in [0.4, 0.5) is 10.5 Å². The van der Waals surface area contributed by atoms with Gasteiger partial charge in [-0.25, -0.2) is 4.79 Å². The van der Waals surface area contributed by atoms with E-state index in [1.807, 2.05) is 30.3 Å². The zero-order valence-electron chi connectivity index (χ0n) is 19.4. The van der Waals surface area contributed by atoms with Gasteiger partial charge in [-0.05, 0) is 72.1 Å². The smallest absolute Gasteiger partial charge is 0.416 e. The molecule has 2 heterocycles. The second-order valence-corrected chi connectivity index (χ2v) is 9.10. The van der Waals surface area contributed by atoms with E-state index in [0.29, 0.717) is 35.2 Å². The number of aliphatic hydroxyl groups is 2. The Morgan fingerprint density at radius 1 is 1.06 bits per heavy atom. The number of nitrogen functional groups attached to an aromatic ring is 1. The molecule has 5 N–H and O–H groups in total. The van der Waals surface area contributed by atoms with Gasteiger partial charge in [0.15, 0.2) is 0 Å². The van der Waals surface area contributed by atoms with E-state index in [1.54, 1.807) is 41.3 Å². The molecule has 0 bridgehead atoms. The van der Waals surface area contributed by atoms with Crippen LogP contribution >= 0.6 is 11.6 Å². The molecule has 4 aromatic rings. The molecule has 0 fully saturated rings. The van der Waals surface area contributed by atoms with E-state index in [4.69, 9.17) is 26.8 Å². The third-order valence-electron chi connectivity index (χ3n) is 6.31. The number of halogens is 1. The lowest BCUT2D eigenvalue weighted by atomic mass is 9.92. The first kappa shape index (κ1) is 24.0. The second kappa shape index (κ2) is 10.1. The maximum Gasteiger partial charge on any atom is 0.416 e. The van der Waals surface area contributed by atoms with Crippen molar-refractivity contribution in [3.05, 3.63) is 88.6 Å². The fourth-order valence-electron chi connectivity index (χ4n) is 4.56. The van der Waals surface area contributed by atoms with Gasteiger partial charge in [-0.3, -0.25) is 4.90 Å².